The van der Waals surface area contributed by atoms with Gasteiger partial charge in [0.25, 0.3) is 0 Å². The zero-order valence-electron chi connectivity index (χ0n) is 4.61. The van der Waals surface area contributed by atoms with Crippen molar-refractivity contribution in [3.05, 3.63) is 24.8 Å². The second kappa shape index (κ2) is 3.56. The summed E-state index contributed by atoms with van der Waals surface area (Å²) in [5, 5.41) is 0. The first kappa shape index (κ1) is 6.37. The van der Waals surface area contributed by atoms with Crippen molar-refractivity contribution in [1.29, 1.82) is 0 Å². The van der Waals surface area contributed by atoms with Gasteiger partial charge in [-0.25, -0.2) is 9.97 Å². The van der Waals surface area contributed by atoms with Crippen molar-refractivity contribution >= 4 is 12.4 Å². The van der Waals surface area contributed by atoms with E-state index in [0.29, 0.717) is 0 Å². The van der Waals surface area contributed by atoms with Gasteiger partial charge in [-0.15, -0.1) is 12.4 Å². The Morgan fingerprint density at radius 2 is 1.71 bits per heavy atom. The van der Waals surface area contributed by atoms with Gasteiger partial charge in [-0.3, -0.25) is 0 Å². The fourth-order valence-corrected chi connectivity index (χ4v) is 0.253. The molecule has 2 nitrogen and oxygen atoms in total. The van der Waals surface area contributed by atoms with E-state index in [-0.39, 0.29) is 13.8 Å². The zero-order valence-corrected chi connectivity index (χ0v) is 4.43. The Balaban J connectivity index is 0. The molecule has 0 N–H and O–H groups in total. The lowest BCUT2D eigenvalue weighted by Crippen LogP contribution is -1.66. The third-order valence-electron chi connectivity index (χ3n) is 0.478. The summed E-state index contributed by atoms with van der Waals surface area (Å²) < 4.78 is 0. The smallest absolute Gasteiger partial charge is 0.245 e. The highest BCUT2D eigenvalue weighted by molar-refractivity contribution is 5.85. The van der Waals surface area contributed by atoms with Crippen molar-refractivity contribution in [3.63, 3.8) is 0 Å². The van der Waals surface area contributed by atoms with E-state index in [1.807, 2.05) is 0 Å². The maximum Gasteiger partial charge on any atom is 1.00 e. The number of aromatic nitrogens is 2. The van der Waals surface area contributed by atoms with Crippen molar-refractivity contribution in [2.75, 3.05) is 0 Å². The van der Waals surface area contributed by atoms with Crippen molar-refractivity contribution in [1.82, 2.24) is 9.97 Å². The fourth-order valence-electron chi connectivity index (χ4n) is 0.253. The predicted octanol–water partition coefficient (Wildman–Crippen LogP) is 1.01. The molecule has 0 unspecified atom stereocenters. The number of rotatable bonds is 0. The summed E-state index contributed by atoms with van der Waals surface area (Å²) in [6.45, 7) is 0. The van der Waals surface area contributed by atoms with Gasteiger partial charge in [0.2, 0.25) is 0 Å². The van der Waals surface area contributed by atoms with Crippen LogP contribution in [0.2, 0.25) is 0 Å². The summed E-state index contributed by atoms with van der Waals surface area (Å²) in [5.41, 5.74) is 0. The number of hydrogen-bond donors (Lipinski definition) is 0. The minimum Gasteiger partial charge on any atom is -0.245 e. The van der Waals surface area contributed by atoms with Crippen LogP contribution < -0.4 is 0 Å². The van der Waals surface area contributed by atoms with Crippen LogP contribution in [-0.4, -0.2) is 9.97 Å². The SMILES string of the molecule is Cl.[H+].c1cncnc1. The number of hydrogen-bond acceptors (Lipinski definition) is 2. The first-order chi connectivity index (χ1) is 3.00. The van der Waals surface area contributed by atoms with Gasteiger partial charge in [-0.1, -0.05) is 0 Å². The molecule has 0 saturated heterocycles. The summed E-state index contributed by atoms with van der Waals surface area (Å²) in [6.07, 6.45) is 4.88. The summed E-state index contributed by atoms with van der Waals surface area (Å²) in [6, 6.07) is 1.78. The van der Waals surface area contributed by atoms with E-state index in [1.54, 1.807) is 18.5 Å². The van der Waals surface area contributed by atoms with E-state index in [9.17, 15) is 0 Å². The minimum absolute atomic E-state index is 0. The Hall–Kier alpha value is -0.630. The molecular weight excluding hydrogens is 112 g/mol. The summed E-state index contributed by atoms with van der Waals surface area (Å²) in [4.78, 5) is 7.35. The lowest BCUT2D eigenvalue weighted by molar-refractivity contribution is 1.17. The van der Waals surface area contributed by atoms with Gasteiger partial charge >= 0.3 is 1.43 Å². The quantitative estimate of drug-likeness (QED) is 0.507. The molecule has 7 heavy (non-hydrogen) atoms. The van der Waals surface area contributed by atoms with Crippen LogP contribution in [0.15, 0.2) is 24.8 Å². The highest BCUT2D eigenvalue weighted by Crippen LogP contribution is 1.66. The predicted molar refractivity (Wildman–Crippen MR) is 30.4 cm³/mol. The monoisotopic (exact) mass is 117 g/mol. The molecule has 1 rings (SSSR count). The maximum absolute atomic E-state index is 3.67. The topological polar surface area (TPSA) is 25.8 Å². The molecule has 0 aliphatic rings. The van der Waals surface area contributed by atoms with Gasteiger partial charge in [0, 0.05) is 12.4 Å². The van der Waals surface area contributed by atoms with Crippen LogP contribution in [0.1, 0.15) is 1.43 Å². The molecule has 1 heterocycles. The summed E-state index contributed by atoms with van der Waals surface area (Å²) >= 11 is 0. The minimum atomic E-state index is 0. The Labute approximate surface area is 49.5 Å². The first-order valence-corrected chi connectivity index (χ1v) is 1.70. The van der Waals surface area contributed by atoms with Gasteiger partial charge in [0.15, 0.2) is 0 Å². The molecule has 3 heteroatoms. The van der Waals surface area contributed by atoms with Crippen molar-refractivity contribution in [3.8, 4) is 0 Å². The molecule has 0 aromatic carbocycles. The van der Waals surface area contributed by atoms with Gasteiger partial charge in [0.1, 0.15) is 6.33 Å². The van der Waals surface area contributed by atoms with E-state index in [4.69, 9.17) is 0 Å². The molecule has 38 valence electrons. The third kappa shape index (κ3) is 2.11. The molecule has 1 aromatic heterocycles. The van der Waals surface area contributed by atoms with E-state index in [1.165, 1.54) is 6.33 Å². The van der Waals surface area contributed by atoms with Crippen molar-refractivity contribution in [2.45, 2.75) is 0 Å². The molecule has 1 aromatic rings. The van der Waals surface area contributed by atoms with Gasteiger partial charge in [-0.05, 0) is 6.07 Å². The number of nitrogens with zero attached hydrogens (tertiary/aromatic N) is 2. The van der Waals surface area contributed by atoms with Crippen LogP contribution >= 0.6 is 12.4 Å². The van der Waals surface area contributed by atoms with Crippen LogP contribution in [-0.2, 0) is 0 Å². The molecule has 0 spiro atoms. The Morgan fingerprint density at radius 1 is 1.14 bits per heavy atom. The van der Waals surface area contributed by atoms with Crippen LogP contribution in [0, 0.1) is 0 Å². The van der Waals surface area contributed by atoms with Crippen LogP contribution in [0.4, 0.5) is 0 Å². The Kier molecular flexibility index (Phi) is 3.24. The standard InChI is InChI=1S/C4H4N2.ClH/c1-2-5-4-6-3-1;/h1-4H;1H/p+1. The Morgan fingerprint density at radius 3 is 1.86 bits per heavy atom. The molecule has 0 bridgehead atoms. The fraction of sp³-hybridized carbons (Fsp3) is 0. The molecule has 0 fully saturated rings. The lowest BCUT2D eigenvalue weighted by atomic mass is 10.7. The molecule has 0 radical (unpaired) electrons. The Bertz CT molecular complexity index is 86.0. The number of halogens is 1. The first-order valence-electron chi connectivity index (χ1n) is 1.70. The van der Waals surface area contributed by atoms with Gasteiger partial charge in [-0.2, -0.15) is 0 Å². The highest BCUT2D eigenvalue weighted by Gasteiger charge is 1.59. The normalized spacial score (nSPS) is 6.86. The van der Waals surface area contributed by atoms with Gasteiger partial charge < -0.3 is 0 Å². The zero-order chi connectivity index (χ0) is 4.24. The van der Waals surface area contributed by atoms with E-state index in [0.717, 1.165) is 0 Å². The molecule has 0 amide bonds. The maximum atomic E-state index is 3.67. The van der Waals surface area contributed by atoms with Crippen molar-refractivity contribution in [2.24, 2.45) is 0 Å². The molecule has 0 aliphatic carbocycles. The van der Waals surface area contributed by atoms with E-state index in [2.05, 4.69) is 9.97 Å². The largest absolute Gasteiger partial charge is 1.00 e. The average molecular weight is 118 g/mol. The second-order valence-corrected chi connectivity index (χ2v) is 0.904. The average Bonchev–Trinajstić information content (AvgIpc) is 1.72. The van der Waals surface area contributed by atoms with E-state index >= 15 is 0 Å². The van der Waals surface area contributed by atoms with E-state index < -0.39 is 0 Å². The molecule has 0 aliphatic heterocycles. The third-order valence-corrected chi connectivity index (χ3v) is 0.478. The summed E-state index contributed by atoms with van der Waals surface area (Å²) in [7, 11) is 0. The van der Waals surface area contributed by atoms with Crippen LogP contribution in [0.3, 0.4) is 0 Å². The molecular formula is C4H6ClN2+. The highest BCUT2D eigenvalue weighted by atomic mass is 35.5. The molecule has 0 saturated carbocycles. The van der Waals surface area contributed by atoms with Crippen LogP contribution in [0.5, 0.6) is 0 Å². The second-order valence-electron chi connectivity index (χ2n) is 0.904. The van der Waals surface area contributed by atoms with Crippen molar-refractivity contribution < 1.29 is 1.43 Å². The molecule has 0 atom stereocenters. The van der Waals surface area contributed by atoms with Gasteiger partial charge in [0.05, 0.1) is 0 Å². The van der Waals surface area contributed by atoms with Crippen LogP contribution in [0.25, 0.3) is 0 Å². The lowest BCUT2D eigenvalue weighted by Gasteiger charge is -1.70. The summed E-state index contributed by atoms with van der Waals surface area (Å²) in [5.74, 6) is 0.